The summed E-state index contributed by atoms with van der Waals surface area (Å²) in [4.78, 5) is 80.7. The van der Waals surface area contributed by atoms with Crippen molar-refractivity contribution in [3.63, 3.8) is 0 Å². The summed E-state index contributed by atoms with van der Waals surface area (Å²) in [6, 6.07) is 0. The van der Waals surface area contributed by atoms with Crippen molar-refractivity contribution in [3.05, 3.63) is 33.4 Å². The molecule has 13 N–H and O–H groups in total. The van der Waals surface area contributed by atoms with Crippen LogP contribution in [-0.4, -0.2) is 126 Å². The number of phosphoric acid groups is 4. The molecule has 6 rings (SSSR count). The number of aromatic nitrogens is 8. The van der Waals surface area contributed by atoms with Gasteiger partial charge in [-0.05, 0) is 0 Å². The summed E-state index contributed by atoms with van der Waals surface area (Å²) in [5.74, 6) is -0.597. The van der Waals surface area contributed by atoms with Crippen LogP contribution in [0.2, 0.25) is 0 Å². The van der Waals surface area contributed by atoms with Gasteiger partial charge in [0.1, 0.15) is 36.6 Å². The molecule has 35 heteroatoms. The molecule has 2 aliphatic heterocycles. The Morgan fingerprint density at radius 2 is 1.37 bits per heavy atom. The van der Waals surface area contributed by atoms with Crippen molar-refractivity contribution in [2.24, 2.45) is 7.05 Å². The number of aliphatic hydroxyl groups is 3. The Morgan fingerprint density at radius 1 is 0.825 bits per heavy atom. The van der Waals surface area contributed by atoms with E-state index >= 15 is 0 Å². The lowest BCUT2D eigenvalue weighted by molar-refractivity contribution is -0.746. The third-order valence-corrected chi connectivity index (χ3v) is 14.0. The number of aromatic amines is 2. The van der Waals surface area contributed by atoms with E-state index in [1.54, 1.807) is 0 Å². The molecule has 2 aliphatic rings. The van der Waals surface area contributed by atoms with E-state index in [1.807, 2.05) is 0 Å². The summed E-state index contributed by atoms with van der Waals surface area (Å²) in [6.07, 6.45) is -10.3. The molecule has 57 heavy (non-hydrogen) atoms. The first kappa shape index (κ1) is 43.2. The maximum absolute atomic E-state index is 12.6. The lowest BCUT2D eigenvalue weighted by Gasteiger charge is -2.21. The van der Waals surface area contributed by atoms with Crippen LogP contribution in [0.4, 0.5) is 11.9 Å². The summed E-state index contributed by atoms with van der Waals surface area (Å²) in [7, 11) is -21.4. The number of anilines is 2. The highest BCUT2D eigenvalue weighted by Gasteiger charge is 2.51. The molecule has 2 fully saturated rings. The second kappa shape index (κ2) is 15.7. The number of hydrogen-bond acceptors (Lipinski definition) is 22. The quantitative estimate of drug-likeness (QED) is 0.0403. The summed E-state index contributed by atoms with van der Waals surface area (Å²) >= 11 is 0. The summed E-state index contributed by atoms with van der Waals surface area (Å²) < 4.78 is 90.8. The number of imidazole rings is 2. The maximum Gasteiger partial charge on any atom is 0.490 e. The van der Waals surface area contributed by atoms with E-state index < -0.39 is 105 Å². The van der Waals surface area contributed by atoms with Gasteiger partial charge in [-0.3, -0.25) is 37.7 Å². The van der Waals surface area contributed by atoms with Crippen LogP contribution in [0.5, 0.6) is 0 Å². The number of nitrogens with zero attached hydrogens (tertiary/aromatic N) is 6. The fraction of sp³-hybridized carbons (Fsp3) is 0.545. The maximum atomic E-state index is 12.6. The Morgan fingerprint density at radius 3 is 1.96 bits per heavy atom. The van der Waals surface area contributed by atoms with Gasteiger partial charge in [-0.15, -0.1) is 0 Å². The van der Waals surface area contributed by atoms with Crippen molar-refractivity contribution in [1.82, 2.24) is 34.1 Å². The number of nitrogens with two attached hydrogens (primary N) is 2. The first-order chi connectivity index (χ1) is 26.4. The highest BCUT2D eigenvalue weighted by molar-refractivity contribution is 7.69. The minimum absolute atomic E-state index is 0.0114. The van der Waals surface area contributed by atoms with Crippen LogP contribution in [0.15, 0.2) is 22.2 Å². The number of hydrogen-bond donors (Lipinski definition) is 11. The first-order valence-electron chi connectivity index (χ1n) is 15.5. The Hall–Kier alpha value is -3.38. The largest absolute Gasteiger partial charge is 0.490 e. The molecular weight excluding hydrogens is 864 g/mol. The SMILES string of the molecule is CO[C@@H]1[C@H](O)[C@@H](COP(=O)(O)OP(=O)(O)OP(=O)(O)OP(=O)(O)OC[C@H]2O[C@@H](n3cnc4c(=O)[nH]c(N)nc43)[C@H](O)[C@@H]2O)O[C@H]1[n+]1cn(C)c2c(=O)[nH]c(N)nc21. The topological polar surface area (TPSA) is 454 Å². The third kappa shape index (κ3) is 9.12. The number of aryl methyl sites for hydroxylation is 1. The third-order valence-electron chi connectivity index (χ3n) is 8.13. The Kier molecular flexibility index (Phi) is 11.9. The molecule has 12 atom stereocenters. The van der Waals surface area contributed by atoms with Crippen molar-refractivity contribution < 1.29 is 93.9 Å². The fourth-order valence-electron chi connectivity index (χ4n) is 5.82. The van der Waals surface area contributed by atoms with Gasteiger partial charge in [-0.2, -0.15) is 17.9 Å². The highest BCUT2D eigenvalue weighted by Crippen LogP contribution is 2.71. The number of methoxy groups -OCH3 is 1. The number of fused-ring (bicyclic) bond motifs is 2. The summed E-state index contributed by atoms with van der Waals surface area (Å²) in [6.45, 7) is -2.25. The van der Waals surface area contributed by atoms with Gasteiger partial charge in [0.05, 0.1) is 26.6 Å². The Labute approximate surface area is 314 Å². The molecule has 6 heterocycles. The van der Waals surface area contributed by atoms with Gasteiger partial charge in [-0.25, -0.2) is 27.8 Å². The number of nitrogens with one attached hydrogen (secondary N) is 2. The molecule has 0 saturated carbocycles. The van der Waals surface area contributed by atoms with Crippen LogP contribution >= 0.6 is 31.3 Å². The van der Waals surface area contributed by atoms with Gasteiger partial charge in [0.2, 0.25) is 17.7 Å². The first-order valence-corrected chi connectivity index (χ1v) is 21.5. The van der Waals surface area contributed by atoms with Gasteiger partial charge in [0.15, 0.2) is 23.7 Å². The predicted octanol–water partition coefficient (Wildman–Crippen LogP) is -3.78. The van der Waals surface area contributed by atoms with Gasteiger partial charge >= 0.3 is 36.9 Å². The second-order valence-corrected chi connectivity index (χ2v) is 18.3. The highest BCUT2D eigenvalue weighted by atomic mass is 31.3. The van der Waals surface area contributed by atoms with Crippen molar-refractivity contribution in [1.29, 1.82) is 0 Å². The molecule has 2 saturated heterocycles. The van der Waals surface area contributed by atoms with Crippen LogP contribution in [0, 0.1) is 0 Å². The minimum atomic E-state index is -6.24. The summed E-state index contributed by atoms with van der Waals surface area (Å²) in [5, 5.41) is 31.8. The van der Waals surface area contributed by atoms with Crippen LogP contribution in [0.25, 0.3) is 22.3 Å². The smallest absolute Gasteiger partial charge is 0.387 e. The zero-order chi connectivity index (χ0) is 42.0. The van der Waals surface area contributed by atoms with Crippen LogP contribution < -0.4 is 27.2 Å². The summed E-state index contributed by atoms with van der Waals surface area (Å²) in [5.41, 5.74) is 9.44. The average molecular weight is 897 g/mol. The van der Waals surface area contributed by atoms with E-state index in [2.05, 4.69) is 46.9 Å². The van der Waals surface area contributed by atoms with Crippen molar-refractivity contribution >= 4 is 65.5 Å². The number of phosphoric ester groups is 2. The Balaban J connectivity index is 1.04. The average Bonchev–Trinajstić information content (AvgIpc) is 3.80. The second-order valence-electron chi connectivity index (χ2n) is 12.0. The minimum Gasteiger partial charge on any atom is -0.387 e. The van der Waals surface area contributed by atoms with E-state index in [9.17, 15) is 62.7 Å². The number of rotatable bonds is 15. The molecule has 4 aromatic rings. The normalized spacial score (nSPS) is 29.6. The molecule has 4 aromatic heterocycles. The van der Waals surface area contributed by atoms with Crippen LogP contribution in [-0.2, 0) is 61.5 Å². The van der Waals surface area contributed by atoms with Gasteiger partial charge in [-0.1, -0.05) is 4.98 Å². The van der Waals surface area contributed by atoms with Crippen LogP contribution in [0.3, 0.4) is 0 Å². The van der Waals surface area contributed by atoms with E-state index in [4.69, 9.17) is 25.7 Å². The number of H-pyrrole nitrogens is 2. The molecule has 0 aromatic carbocycles. The molecule has 0 amide bonds. The molecule has 0 bridgehead atoms. The van der Waals surface area contributed by atoms with E-state index in [0.717, 1.165) is 10.9 Å². The van der Waals surface area contributed by atoms with Gasteiger partial charge in [0, 0.05) is 7.11 Å². The molecule has 0 aliphatic carbocycles. The molecule has 31 nitrogen and oxygen atoms in total. The zero-order valence-corrected chi connectivity index (χ0v) is 32.2. The van der Waals surface area contributed by atoms with Gasteiger partial charge < -0.3 is 60.6 Å². The lowest BCUT2D eigenvalue weighted by atomic mass is 10.1. The molecule has 0 spiro atoms. The van der Waals surface area contributed by atoms with Gasteiger partial charge in [0.25, 0.3) is 17.1 Å². The lowest BCUT2D eigenvalue weighted by Crippen LogP contribution is -2.47. The standard InChI is InChI=1S/C22H32N10O21P4/c1-30-6-32(16-10(30)18(37)29-22(24)27-16)20-14(46-2)12(34)8(50-20)4-48-55(40,41)52-57(44,45)53-56(42,43)51-54(38,39)47-3-7-11(33)13(35)19(49-7)31-5-25-9-15(31)26-21(23)28-17(9)36/h5-8,11-14,19-20,33-35H,3-4H2,1-2H3,(H9-,23,24,26,27,28,29,36,37,38,39,40,41,42,43,44,45)/p+1/t7-,8-,11-,12-,13-,14-,19-,20-/m1/s1. The van der Waals surface area contributed by atoms with Crippen molar-refractivity contribution in [3.8, 4) is 0 Å². The monoisotopic (exact) mass is 897 g/mol. The number of aliphatic hydroxyl groups excluding tert-OH is 3. The van der Waals surface area contributed by atoms with Crippen molar-refractivity contribution in [2.75, 3.05) is 31.8 Å². The van der Waals surface area contributed by atoms with E-state index in [1.165, 1.54) is 29.6 Å². The number of ether oxygens (including phenoxy) is 3. The fourth-order valence-corrected chi connectivity index (χ4v) is 10.8. The van der Waals surface area contributed by atoms with Crippen LogP contribution in [0.1, 0.15) is 12.5 Å². The van der Waals surface area contributed by atoms with E-state index in [-0.39, 0.29) is 34.2 Å². The van der Waals surface area contributed by atoms with E-state index in [0.29, 0.717) is 0 Å². The number of nitrogen functional groups attached to an aromatic ring is 2. The predicted molar refractivity (Wildman–Crippen MR) is 180 cm³/mol. The van der Waals surface area contributed by atoms with Crippen molar-refractivity contribution in [2.45, 2.75) is 49.1 Å². The Bertz CT molecular complexity index is 2490. The molecular formula is C22H33N10O21P4+. The molecule has 316 valence electrons. The molecule has 0 radical (unpaired) electrons. The zero-order valence-electron chi connectivity index (χ0n) is 28.7. The molecule has 4 unspecified atom stereocenters.